The fraction of sp³-hybridized carbons (Fsp3) is 0.444. The maximum atomic E-state index is 12.2. The number of hydrogen-bond acceptors (Lipinski definition) is 5. The van der Waals surface area contributed by atoms with E-state index < -0.39 is 0 Å². The third kappa shape index (κ3) is 5.38. The number of rotatable bonds is 7. The second-order valence-corrected chi connectivity index (χ2v) is 6.33. The molecule has 1 aliphatic heterocycles. The zero-order chi connectivity index (χ0) is 18.2. The number of hydrogen-bond donors (Lipinski definition) is 1. The number of piperazine rings is 1. The van der Waals surface area contributed by atoms with Gasteiger partial charge in [0.05, 0.1) is 13.1 Å². The number of carbonyl (C=O) groups excluding carboxylic acids is 2. The molecule has 26 heavy (non-hydrogen) atoms. The van der Waals surface area contributed by atoms with Gasteiger partial charge in [0, 0.05) is 39.1 Å². The molecule has 0 bridgehead atoms. The highest BCUT2D eigenvalue weighted by atomic mass is 16.2. The van der Waals surface area contributed by atoms with Gasteiger partial charge in [0.25, 0.3) is 0 Å². The molecule has 1 aromatic carbocycles. The molecule has 8 nitrogen and oxygen atoms in total. The fourth-order valence-electron chi connectivity index (χ4n) is 2.93. The number of aromatic nitrogens is 3. The van der Waals surface area contributed by atoms with Gasteiger partial charge in [-0.05, 0) is 5.56 Å². The predicted molar refractivity (Wildman–Crippen MR) is 95.9 cm³/mol. The summed E-state index contributed by atoms with van der Waals surface area (Å²) in [6.45, 7) is 4.20. The Morgan fingerprint density at radius 3 is 2.54 bits per heavy atom. The highest BCUT2D eigenvalue weighted by molar-refractivity contribution is 5.78. The molecular weight excluding hydrogens is 332 g/mol. The molecular formula is C18H24N6O2. The molecule has 1 saturated heterocycles. The Bertz CT molecular complexity index is 696. The van der Waals surface area contributed by atoms with Gasteiger partial charge < -0.3 is 10.2 Å². The summed E-state index contributed by atoms with van der Waals surface area (Å²) >= 11 is 0. The lowest BCUT2D eigenvalue weighted by Crippen LogP contribution is -2.51. The lowest BCUT2D eigenvalue weighted by atomic mass is 10.2. The molecule has 3 rings (SSSR count). The summed E-state index contributed by atoms with van der Waals surface area (Å²) in [4.78, 5) is 32.1. The molecule has 2 aromatic rings. The van der Waals surface area contributed by atoms with Crippen LogP contribution in [-0.4, -0.2) is 69.1 Å². The Morgan fingerprint density at radius 1 is 1.08 bits per heavy atom. The van der Waals surface area contributed by atoms with Crippen LogP contribution >= 0.6 is 0 Å². The second kappa shape index (κ2) is 9.10. The summed E-state index contributed by atoms with van der Waals surface area (Å²) < 4.78 is 1.66. The molecule has 0 radical (unpaired) electrons. The van der Waals surface area contributed by atoms with E-state index in [-0.39, 0.29) is 11.8 Å². The molecule has 1 N–H and O–H groups in total. The van der Waals surface area contributed by atoms with Gasteiger partial charge in [-0.15, -0.1) is 0 Å². The lowest BCUT2D eigenvalue weighted by molar-refractivity contribution is -0.133. The van der Waals surface area contributed by atoms with Gasteiger partial charge in [0.1, 0.15) is 12.7 Å². The first kappa shape index (κ1) is 18.1. The van der Waals surface area contributed by atoms with E-state index in [1.165, 1.54) is 6.33 Å². The standard InChI is InChI=1S/C18H24N6O2/c25-17(20-12-16-4-2-1-3-5-16)13-22-8-10-23(11-9-22)18(26)6-7-24-15-19-14-21-24/h1-5,14-15H,6-13H2,(H,20,25). The summed E-state index contributed by atoms with van der Waals surface area (Å²) in [5.74, 6) is 0.133. The highest BCUT2D eigenvalue weighted by Gasteiger charge is 2.22. The summed E-state index contributed by atoms with van der Waals surface area (Å²) in [6.07, 6.45) is 3.49. The maximum absolute atomic E-state index is 12.2. The molecule has 0 aliphatic carbocycles. The molecule has 1 fully saturated rings. The number of carbonyl (C=O) groups is 2. The number of benzene rings is 1. The van der Waals surface area contributed by atoms with Crippen molar-refractivity contribution in [1.29, 1.82) is 0 Å². The molecule has 0 unspecified atom stereocenters. The van der Waals surface area contributed by atoms with Crippen LogP contribution in [0.3, 0.4) is 0 Å². The van der Waals surface area contributed by atoms with Crippen LogP contribution in [0.2, 0.25) is 0 Å². The fourth-order valence-corrected chi connectivity index (χ4v) is 2.93. The predicted octanol–water partition coefficient (Wildman–Crippen LogP) is 0.129. The van der Waals surface area contributed by atoms with E-state index in [1.54, 1.807) is 11.0 Å². The number of nitrogens with zero attached hydrogens (tertiary/aromatic N) is 5. The molecule has 2 heterocycles. The van der Waals surface area contributed by atoms with Crippen LogP contribution in [0, 0.1) is 0 Å². The Balaban J connectivity index is 1.34. The van der Waals surface area contributed by atoms with Crippen molar-refractivity contribution in [2.24, 2.45) is 0 Å². The molecule has 138 valence electrons. The minimum absolute atomic E-state index is 0.0137. The summed E-state index contributed by atoms with van der Waals surface area (Å²) in [7, 11) is 0. The van der Waals surface area contributed by atoms with Crippen LogP contribution in [0.25, 0.3) is 0 Å². The molecule has 0 atom stereocenters. The molecule has 2 amide bonds. The van der Waals surface area contributed by atoms with Crippen LogP contribution in [0.5, 0.6) is 0 Å². The van der Waals surface area contributed by atoms with Crippen molar-refractivity contribution >= 4 is 11.8 Å². The van der Waals surface area contributed by atoms with Crippen molar-refractivity contribution in [3.05, 3.63) is 48.5 Å². The largest absolute Gasteiger partial charge is 0.351 e. The molecule has 0 saturated carbocycles. The molecule has 0 spiro atoms. The highest BCUT2D eigenvalue weighted by Crippen LogP contribution is 2.05. The van der Waals surface area contributed by atoms with Gasteiger partial charge in [-0.1, -0.05) is 30.3 Å². The normalized spacial score (nSPS) is 15.0. The van der Waals surface area contributed by atoms with Gasteiger partial charge in [-0.3, -0.25) is 19.2 Å². The van der Waals surface area contributed by atoms with Crippen molar-refractivity contribution in [2.45, 2.75) is 19.5 Å². The third-order valence-electron chi connectivity index (χ3n) is 4.45. The molecule has 1 aromatic heterocycles. The van der Waals surface area contributed by atoms with Crippen LogP contribution < -0.4 is 5.32 Å². The zero-order valence-corrected chi connectivity index (χ0v) is 14.8. The van der Waals surface area contributed by atoms with Crippen molar-refractivity contribution in [3.8, 4) is 0 Å². The summed E-state index contributed by atoms with van der Waals surface area (Å²) in [6, 6.07) is 9.85. The first-order valence-electron chi connectivity index (χ1n) is 8.84. The van der Waals surface area contributed by atoms with Gasteiger partial charge in [-0.2, -0.15) is 5.10 Å². The van der Waals surface area contributed by atoms with Crippen molar-refractivity contribution < 1.29 is 9.59 Å². The quantitative estimate of drug-likeness (QED) is 0.762. The van der Waals surface area contributed by atoms with Crippen LogP contribution in [0.15, 0.2) is 43.0 Å². The zero-order valence-electron chi connectivity index (χ0n) is 14.8. The van der Waals surface area contributed by atoms with Gasteiger partial charge in [0.2, 0.25) is 11.8 Å². The van der Waals surface area contributed by atoms with E-state index in [0.29, 0.717) is 52.2 Å². The average Bonchev–Trinajstić information content (AvgIpc) is 3.19. The van der Waals surface area contributed by atoms with Crippen LogP contribution in [-0.2, 0) is 22.7 Å². The lowest BCUT2D eigenvalue weighted by Gasteiger charge is -2.34. The van der Waals surface area contributed by atoms with Crippen molar-refractivity contribution in [2.75, 3.05) is 32.7 Å². The Kier molecular flexibility index (Phi) is 6.32. The van der Waals surface area contributed by atoms with Gasteiger partial charge >= 0.3 is 0 Å². The van der Waals surface area contributed by atoms with E-state index in [4.69, 9.17) is 0 Å². The summed E-state index contributed by atoms with van der Waals surface area (Å²) in [5.41, 5.74) is 1.09. The van der Waals surface area contributed by atoms with E-state index in [9.17, 15) is 9.59 Å². The molecule has 8 heteroatoms. The second-order valence-electron chi connectivity index (χ2n) is 6.33. The first-order chi connectivity index (χ1) is 12.7. The van der Waals surface area contributed by atoms with E-state index >= 15 is 0 Å². The van der Waals surface area contributed by atoms with E-state index in [2.05, 4.69) is 20.3 Å². The SMILES string of the molecule is O=C(CN1CCN(C(=O)CCn2cncn2)CC1)NCc1ccccc1. The van der Waals surface area contributed by atoms with Crippen LogP contribution in [0.1, 0.15) is 12.0 Å². The summed E-state index contributed by atoms with van der Waals surface area (Å²) in [5, 5.41) is 6.94. The van der Waals surface area contributed by atoms with Crippen molar-refractivity contribution in [3.63, 3.8) is 0 Å². The minimum atomic E-state index is 0.0137. The monoisotopic (exact) mass is 356 g/mol. The van der Waals surface area contributed by atoms with Crippen molar-refractivity contribution in [1.82, 2.24) is 29.9 Å². The van der Waals surface area contributed by atoms with Gasteiger partial charge in [0.15, 0.2) is 0 Å². The van der Waals surface area contributed by atoms with E-state index in [0.717, 1.165) is 5.56 Å². The minimum Gasteiger partial charge on any atom is -0.351 e. The Labute approximate surface area is 152 Å². The number of amides is 2. The Morgan fingerprint density at radius 2 is 1.85 bits per heavy atom. The smallest absolute Gasteiger partial charge is 0.234 e. The Hall–Kier alpha value is -2.74. The first-order valence-corrected chi connectivity index (χ1v) is 8.84. The third-order valence-corrected chi connectivity index (χ3v) is 4.45. The number of aryl methyl sites for hydroxylation is 1. The number of nitrogens with one attached hydrogen (secondary N) is 1. The van der Waals surface area contributed by atoms with Gasteiger partial charge in [-0.25, -0.2) is 4.98 Å². The van der Waals surface area contributed by atoms with Crippen LogP contribution in [0.4, 0.5) is 0 Å². The average molecular weight is 356 g/mol. The molecule has 1 aliphatic rings. The topological polar surface area (TPSA) is 83.4 Å². The van der Waals surface area contributed by atoms with E-state index in [1.807, 2.05) is 35.2 Å². The maximum Gasteiger partial charge on any atom is 0.234 e.